The Bertz CT molecular complexity index is 663. The third kappa shape index (κ3) is 3.16. The van der Waals surface area contributed by atoms with Gasteiger partial charge in [-0.15, -0.1) is 11.3 Å². The van der Waals surface area contributed by atoms with E-state index in [1.54, 1.807) is 0 Å². The van der Waals surface area contributed by atoms with Crippen LogP contribution in [0, 0.1) is 0 Å². The smallest absolute Gasteiger partial charge is 0.394 e. The average molecular weight is 325 g/mol. The Balaban J connectivity index is 2.47. The molecule has 1 unspecified atom stereocenters. The summed E-state index contributed by atoms with van der Waals surface area (Å²) in [5, 5.41) is 20.1. The maximum absolute atomic E-state index is 11.9. The monoisotopic (exact) mass is 325 g/mol. The van der Waals surface area contributed by atoms with Gasteiger partial charge in [0.1, 0.15) is 5.00 Å². The van der Waals surface area contributed by atoms with Gasteiger partial charge < -0.3 is 15.5 Å². The molecule has 0 spiro atoms. The lowest BCUT2D eigenvalue weighted by atomic mass is 9.82. The minimum absolute atomic E-state index is 0.0870. The number of ketones is 1. The second-order valence-electron chi connectivity index (χ2n) is 5.15. The highest BCUT2D eigenvalue weighted by Crippen LogP contribution is 2.45. The van der Waals surface area contributed by atoms with E-state index in [2.05, 4.69) is 5.32 Å². The van der Waals surface area contributed by atoms with Crippen LogP contribution >= 0.6 is 11.3 Å². The number of rotatable bonds is 4. The molecule has 1 amide bonds. The van der Waals surface area contributed by atoms with Crippen molar-refractivity contribution in [3.63, 3.8) is 0 Å². The molecule has 1 atom stereocenters. The summed E-state index contributed by atoms with van der Waals surface area (Å²) < 4.78 is 0. The highest BCUT2D eigenvalue weighted by molar-refractivity contribution is 7.17. The van der Waals surface area contributed by atoms with E-state index < -0.39 is 17.8 Å². The summed E-state index contributed by atoms with van der Waals surface area (Å²) >= 11 is 1.16. The Morgan fingerprint density at radius 1 is 1.27 bits per heavy atom. The fourth-order valence-corrected chi connectivity index (χ4v) is 4.14. The third-order valence-electron chi connectivity index (χ3n) is 3.58. The molecular formula is C14H15NO6S. The van der Waals surface area contributed by atoms with Crippen LogP contribution in [0.3, 0.4) is 0 Å². The molecule has 22 heavy (non-hydrogen) atoms. The Morgan fingerprint density at radius 3 is 2.50 bits per heavy atom. The van der Waals surface area contributed by atoms with E-state index in [9.17, 15) is 19.2 Å². The van der Waals surface area contributed by atoms with Crippen molar-refractivity contribution in [1.82, 2.24) is 0 Å². The second-order valence-corrected chi connectivity index (χ2v) is 6.25. The van der Waals surface area contributed by atoms with Crippen LogP contribution in [0.1, 0.15) is 52.9 Å². The number of carbonyl (C=O) groups excluding carboxylic acids is 2. The predicted molar refractivity (Wildman–Crippen MR) is 78.5 cm³/mol. The molecule has 0 aliphatic heterocycles. The van der Waals surface area contributed by atoms with Gasteiger partial charge in [0.2, 0.25) is 0 Å². The molecule has 1 aromatic rings. The quantitative estimate of drug-likeness (QED) is 0.574. The van der Waals surface area contributed by atoms with Crippen LogP contribution in [0.5, 0.6) is 0 Å². The maximum atomic E-state index is 11.9. The van der Waals surface area contributed by atoms with Gasteiger partial charge in [0.05, 0.1) is 12.0 Å². The first-order valence-electron chi connectivity index (χ1n) is 6.73. The number of carboxylic acid groups (broad SMARTS) is 2. The Kier molecular flexibility index (Phi) is 4.60. The van der Waals surface area contributed by atoms with E-state index in [1.165, 1.54) is 6.92 Å². The Hall–Kier alpha value is -2.22. The molecule has 1 heterocycles. The highest BCUT2D eigenvalue weighted by atomic mass is 32.1. The van der Waals surface area contributed by atoms with Crippen LogP contribution in [0.15, 0.2) is 0 Å². The molecule has 0 bridgehead atoms. The first kappa shape index (κ1) is 16.2. The van der Waals surface area contributed by atoms with Crippen molar-refractivity contribution in [2.24, 2.45) is 0 Å². The largest absolute Gasteiger partial charge is 0.481 e. The number of anilines is 1. The fraction of sp³-hybridized carbons (Fsp3) is 0.429. The number of aliphatic carboxylic acids is 2. The summed E-state index contributed by atoms with van der Waals surface area (Å²) in [5.74, 6) is -4.39. The van der Waals surface area contributed by atoms with Gasteiger partial charge in [0.15, 0.2) is 5.78 Å². The van der Waals surface area contributed by atoms with Crippen LogP contribution in [0.25, 0.3) is 0 Å². The summed E-state index contributed by atoms with van der Waals surface area (Å²) in [5.41, 5.74) is 0.910. The molecule has 7 nitrogen and oxygen atoms in total. The molecule has 3 N–H and O–H groups in total. The van der Waals surface area contributed by atoms with Crippen LogP contribution in [-0.4, -0.2) is 33.8 Å². The maximum Gasteiger partial charge on any atom is 0.394 e. The van der Waals surface area contributed by atoms with Gasteiger partial charge in [-0.25, -0.2) is 4.79 Å². The number of hydrogen-bond donors (Lipinski definition) is 3. The Morgan fingerprint density at radius 2 is 1.95 bits per heavy atom. The summed E-state index contributed by atoms with van der Waals surface area (Å²) in [4.78, 5) is 45.8. The lowest BCUT2D eigenvalue weighted by Crippen LogP contribution is -2.22. The molecule has 1 aliphatic rings. The first-order chi connectivity index (χ1) is 10.3. The summed E-state index contributed by atoms with van der Waals surface area (Å²) in [6, 6.07) is 0. The third-order valence-corrected chi connectivity index (χ3v) is 4.76. The van der Waals surface area contributed by atoms with Gasteiger partial charge in [-0.2, -0.15) is 0 Å². The lowest BCUT2D eigenvalue weighted by molar-refractivity contribution is -0.147. The lowest BCUT2D eigenvalue weighted by Gasteiger charge is -2.22. The van der Waals surface area contributed by atoms with Gasteiger partial charge in [-0.3, -0.25) is 14.4 Å². The molecule has 2 rings (SSSR count). The van der Waals surface area contributed by atoms with Crippen molar-refractivity contribution in [3.8, 4) is 0 Å². The van der Waals surface area contributed by atoms with Gasteiger partial charge in [0, 0.05) is 4.88 Å². The molecule has 0 aromatic carbocycles. The normalized spacial score (nSPS) is 16.7. The number of hydrogen-bond acceptors (Lipinski definition) is 5. The second kappa shape index (κ2) is 6.27. The number of fused-ring (bicyclic) bond motifs is 1. The number of Topliss-reactive ketones (excluding diaryl/α,β-unsaturated/α-hetero) is 1. The summed E-state index contributed by atoms with van der Waals surface area (Å²) in [6.45, 7) is 1.32. The average Bonchev–Trinajstić information content (AvgIpc) is 2.77. The molecule has 8 heteroatoms. The number of amides is 1. The zero-order chi connectivity index (χ0) is 16.4. The molecule has 1 aliphatic carbocycles. The molecule has 0 saturated heterocycles. The van der Waals surface area contributed by atoms with Crippen LogP contribution in [0.2, 0.25) is 0 Å². The van der Waals surface area contributed by atoms with Crippen molar-refractivity contribution < 1.29 is 29.4 Å². The molecule has 0 fully saturated rings. The molecule has 0 radical (unpaired) electrons. The van der Waals surface area contributed by atoms with E-state index >= 15 is 0 Å². The van der Waals surface area contributed by atoms with E-state index in [1.807, 2.05) is 0 Å². The molecule has 1 aromatic heterocycles. The van der Waals surface area contributed by atoms with E-state index in [-0.39, 0.29) is 28.7 Å². The number of thiophene rings is 1. The Labute approximate surface area is 129 Å². The van der Waals surface area contributed by atoms with E-state index in [4.69, 9.17) is 10.2 Å². The number of carboxylic acids is 2. The van der Waals surface area contributed by atoms with Crippen molar-refractivity contribution in [3.05, 3.63) is 16.0 Å². The summed E-state index contributed by atoms with van der Waals surface area (Å²) in [7, 11) is 0. The van der Waals surface area contributed by atoms with Gasteiger partial charge in [-0.1, -0.05) is 0 Å². The summed E-state index contributed by atoms with van der Waals surface area (Å²) in [6.07, 6.45) is 2.06. The number of aryl methyl sites for hydroxylation is 1. The molecular weight excluding hydrogens is 310 g/mol. The van der Waals surface area contributed by atoms with Crippen molar-refractivity contribution in [2.45, 2.75) is 38.5 Å². The van der Waals surface area contributed by atoms with E-state index in [0.717, 1.165) is 22.6 Å². The van der Waals surface area contributed by atoms with Crippen LogP contribution < -0.4 is 5.32 Å². The fourth-order valence-electron chi connectivity index (χ4n) is 2.77. The molecule has 118 valence electrons. The van der Waals surface area contributed by atoms with Crippen LogP contribution in [0.4, 0.5) is 5.00 Å². The van der Waals surface area contributed by atoms with Gasteiger partial charge >= 0.3 is 17.8 Å². The standard InChI is InChI=1S/C14H15NO6S/c1-6(16)10-11-7(5-9(17)18)3-2-4-8(11)22-13(10)15-12(19)14(20)21/h7H,2-5H2,1H3,(H,15,19)(H,17,18)(H,20,21). The van der Waals surface area contributed by atoms with E-state index in [0.29, 0.717) is 18.4 Å². The van der Waals surface area contributed by atoms with Gasteiger partial charge in [0.25, 0.3) is 0 Å². The van der Waals surface area contributed by atoms with Gasteiger partial charge in [-0.05, 0) is 37.7 Å². The minimum atomic E-state index is -1.64. The topological polar surface area (TPSA) is 121 Å². The number of carbonyl (C=O) groups is 4. The van der Waals surface area contributed by atoms with Crippen molar-refractivity contribution in [2.75, 3.05) is 5.32 Å². The highest BCUT2D eigenvalue weighted by Gasteiger charge is 2.32. The zero-order valence-electron chi connectivity index (χ0n) is 11.8. The van der Waals surface area contributed by atoms with Crippen molar-refractivity contribution in [1.29, 1.82) is 0 Å². The zero-order valence-corrected chi connectivity index (χ0v) is 12.7. The minimum Gasteiger partial charge on any atom is -0.481 e. The SMILES string of the molecule is CC(=O)c1c(NC(=O)C(=O)O)sc2c1C(CC(=O)O)CCC2. The van der Waals surface area contributed by atoms with Crippen molar-refractivity contribution >= 4 is 40.0 Å². The van der Waals surface area contributed by atoms with Crippen LogP contribution in [-0.2, 0) is 20.8 Å². The molecule has 0 saturated carbocycles. The first-order valence-corrected chi connectivity index (χ1v) is 7.55. The predicted octanol–water partition coefficient (Wildman–Crippen LogP) is 1.87. The number of nitrogens with one attached hydrogen (secondary N) is 1.